The molecule has 1 radical (unpaired) electrons. The van der Waals surface area contributed by atoms with Crippen LogP contribution in [0.1, 0.15) is 6.42 Å². The van der Waals surface area contributed by atoms with Crippen LogP contribution in [0, 0.1) is 10.1 Å². The van der Waals surface area contributed by atoms with E-state index in [1.807, 2.05) is 0 Å². The molecule has 5 nitrogen and oxygen atoms in total. The molecule has 1 aliphatic heterocycles. The van der Waals surface area contributed by atoms with Gasteiger partial charge in [-0.1, -0.05) is 0 Å². The number of amides is 1. The molecule has 0 aliphatic carbocycles. The second-order valence-corrected chi connectivity index (χ2v) is 1.88. The molecule has 1 saturated heterocycles. The number of nitrogens with zero attached hydrogens (tertiary/aromatic N) is 2. The first-order valence-corrected chi connectivity index (χ1v) is 2.54. The van der Waals surface area contributed by atoms with Crippen molar-refractivity contribution in [2.75, 3.05) is 6.54 Å². The molecule has 1 rings (SSSR count). The van der Waals surface area contributed by atoms with Gasteiger partial charge in [-0.2, -0.15) is 0 Å². The smallest absolute Gasteiger partial charge is 0.248 e. The fraction of sp³-hybridized carbons (Fsp3) is 0.750. The average molecular weight is 129 g/mol. The van der Waals surface area contributed by atoms with Gasteiger partial charge in [-0.3, -0.25) is 14.9 Å². The first-order valence-electron chi connectivity index (χ1n) is 2.54. The molecule has 1 heterocycles. The van der Waals surface area contributed by atoms with E-state index in [9.17, 15) is 14.9 Å². The van der Waals surface area contributed by atoms with Crippen molar-refractivity contribution < 1.29 is 9.72 Å². The first kappa shape index (κ1) is 6.00. The maximum Gasteiger partial charge on any atom is 0.248 e. The van der Waals surface area contributed by atoms with Crippen molar-refractivity contribution in [2.24, 2.45) is 0 Å². The van der Waals surface area contributed by atoms with E-state index >= 15 is 0 Å². The van der Waals surface area contributed by atoms with E-state index < -0.39 is 11.0 Å². The summed E-state index contributed by atoms with van der Waals surface area (Å²) in [6.45, 7) is 0.0613. The maximum absolute atomic E-state index is 10.3. The van der Waals surface area contributed by atoms with Gasteiger partial charge >= 0.3 is 0 Å². The van der Waals surface area contributed by atoms with Crippen LogP contribution in [0.3, 0.4) is 0 Å². The second-order valence-electron chi connectivity index (χ2n) is 1.88. The third kappa shape index (κ3) is 1.16. The number of carbonyl (C=O) groups excluding carboxylic acids is 1. The van der Waals surface area contributed by atoms with E-state index in [2.05, 4.69) is 5.32 Å². The molecule has 49 valence electrons. The Balaban J connectivity index is 2.48. The van der Waals surface area contributed by atoms with Gasteiger partial charge in [0, 0.05) is 4.92 Å². The lowest BCUT2D eigenvalue weighted by molar-refractivity contribution is -0.516. The molecule has 1 aliphatic rings. The van der Waals surface area contributed by atoms with Crippen LogP contribution in [0.2, 0.25) is 0 Å². The van der Waals surface area contributed by atoms with Crippen molar-refractivity contribution in [2.45, 2.75) is 12.5 Å². The molecule has 1 amide bonds. The van der Waals surface area contributed by atoms with E-state index in [1.54, 1.807) is 0 Å². The number of rotatable bonds is 1. The topological polar surface area (TPSA) is 74.3 Å². The van der Waals surface area contributed by atoms with Crippen molar-refractivity contribution in [3.8, 4) is 0 Å². The van der Waals surface area contributed by atoms with E-state index in [0.29, 0.717) is 0 Å². The zero-order chi connectivity index (χ0) is 6.85. The minimum absolute atomic E-state index is 0.0208. The van der Waals surface area contributed by atoms with Gasteiger partial charge in [-0.05, 0) is 0 Å². The van der Waals surface area contributed by atoms with Gasteiger partial charge in [0.2, 0.25) is 11.9 Å². The molecule has 9 heavy (non-hydrogen) atoms. The van der Waals surface area contributed by atoms with Crippen LogP contribution in [0.25, 0.3) is 0 Å². The van der Waals surface area contributed by atoms with Crippen LogP contribution >= 0.6 is 0 Å². The quantitative estimate of drug-likeness (QED) is 0.342. The Hall–Kier alpha value is -1.13. The van der Waals surface area contributed by atoms with Crippen LogP contribution in [0.4, 0.5) is 0 Å². The summed E-state index contributed by atoms with van der Waals surface area (Å²) in [5.41, 5.74) is 0. The van der Waals surface area contributed by atoms with Gasteiger partial charge in [0.05, 0.1) is 6.42 Å². The third-order valence-corrected chi connectivity index (χ3v) is 1.19. The lowest BCUT2D eigenvalue weighted by Gasteiger charge is -1.92. The Morgan fingerprint density at radius 2 is 2.44 bits per heavy atom. The molecule has 0 aromatic carbocycles. The highest BCUT2D eigenvalue weighted by Gasteiger charge is 2.31. The number of hydrogen-bond acceptors (Lipinski definition) is 3. The van der Waals surface area contributed by atoms with Crippen LogP contribution in [-0.4, -0.2) is 23.4 Å². The van der Waals surface area contributed by atoms with Gasteiger partial charge in [-0.25, -0.2) is 5.32 Å². The zero-order valence-electron chi connectivity index (χ0n) is 4.61. The molecule has 0 saturated carbocycles. The monoisotopic (exact) mass is 129 g/mol. The molecule has 0 N–H and O–H groups in total. The molecular weight excluding hydrogens is 124 g/mol. The van der Waals surface area contributed by atoms with Crippen molar-refractivity contribution in [1.29, 1.82) is 0 Å². The Morgan fingerprint density at radius 1 is 1.78 bits per heavy atom. The Bertz CT molecular complexity index is 156. The summed E-state index contributed by atoms with van der Waals surface area (Å²) < 4.78 is 0. The number of carbonyl (C=O) groups is 1. The van der Waals surface area contributed by atoms with Crippen LogP contribution in [-0.2, 0) is 4.79 Å². The fourth-order valence-corrected chi connectivity index (χ4v) is 0.679. The van der Waals surface area contributed by atoms with E-state index in [4.69, 9.17) is 0 Å². The van der Waals surface area contributed by atoms with E-state index in [0.717, 1.165) is 0 Å². The standard InChI is InChI=1S/C4H5N2O3/c7-4-1-3(2-5-4)6(8)9/h3H,1-2H2. The SMILES string of the molecule is O=C1CC([N+](=O)[O-])C[N]1. The maximum atomic E-state index is 10.3. The molecular formula is C4H5N2O3. The van der Waals surface area contributed by atoms with E-state index in [1.165, 1.54) is 0 Å². The minimum atomic E-state index is -0.752. The van der Waals surface area contributed by atoms with Gasteiger partial charge in [-0.15, -0.1) is 0 Å². The fourth-order valence-electron chi connectivity index (χ4n) is 0.679. The molecule has 0 aromatic rings. The molecule has 0 aromatic heterocycles. The van der Waals surface area contributed by atoms with Crippen molar-refractivity contribution in [3.63, 3.8) is 0 Å². The highest BCUT2D eigenvalue weighted by atomic mass is 16.6. The van der Waals surface area contributed by atoms with Crippen molar-refractivity contribution in [3.05, 3.63) is 10.1 Å². The van der Waals surface area contributed by atoms with Gasteiger partial charge in [0.15, 0.2) is 0 Å². The normalized spacial score (nSPS) is 25.8. The molecule has 1 unspecified atom stereocenters. The lowest BCUT2D eigenvalue weighted by Crippen LogP contribution is -2.19. The molecule has 0 spiro atoms. The summed E-state index contributed by atoms with van der Waals surface area (Å²) >= 11 is 0. The largest absolute Gasteiger partial charge is 0.273 e. The van der Waals surface area contributed by atoms with Crippen LogP contribution in [0.15, 0.2) is 0 Å². The first-order chi connectivity index (χ1) is 4.20. The van der Waals surface area contributed by atoms with Crippen molar-refractivity contribution >= 4 is 5.91 Å². The predicted molar refractivity (Wildman–Crippen MR) is 27.4 cm³/mol. The summed E-state index contributed by atoms with van der Waals surface area (Å²) in [6.07, 6.45) is -0.0208. The Labute approximate surface area is 51.2 Å². The Morgan fingerprint density at radius 3 is 2.67 bits per heavy atom. The summed E-state index contributed by atoms with van der Waals surface area (Å²) in [5.74, 6) is -0.350. The molecule has 1 fully saturated rings. The van der Waals surface area contributed by atoms with Gasteiger partial charge in [0.25, 0.3) is 0 Å². The van der Waals surface area contributed by atoms with Crippen LogP contribution < -0.4 is 5.32 Å². The predicted octanol–water partition coefficient (Wildman–Crippen LogP) is -0.834. The highest BCUT2D eigenvalue weighted by Crippen LogP contribution is 2.03. The summed E-state index contributed by atoms with van der Waals surface area (Å²) in [5, 5.41) is 13.3. The summed E-state index contributed by atoms with van der Waals surface area (Å²) in [6, 6.07) is -0.752. The molecule has 5 heteroatoms. The van der Waals surface area contributed by atoms with Gasteiger partial charge in [0.1, 0.15) is 6.54 Å². The molecule has 1 atom stereocenters. The zero-order valence-corrected chi connectivity index (χ0v) is 4.61. The average Bonchev–Trinajstić information content (AvgIpc) is 2.14. The lowest BCUT2D eigenvalue weighted by atomic mass is 10.3. The third-order valence-electron chi connectivity index (χ3n) is 1.19. The van der Waals surface area contributed by atoms with E-state index in [-0.39, 0.29) is 18.9 Å². The summed E-state index contributed by atoms with van der Waals surface area (Å²) in [7, 11) is 0. The number of hydrogen-bond donors (Lipinski definition) is 0. The number of nitro groups is 1. The van der Waals surface area contributed by atoms with Crippen molar-refractivity contribution in [1.82, 2.24) is 5.32 Å². The summed E-state index contributed by atoms with van der Waals surface area (Å²) in [4.78, 5) is 19.8. The van der Waals surface area contributed by atoms with Crippen LogP contribution in [0.5, 0.6) is 0 Å². The second kappa shape index (κ2) is 2.00. The molecule has 0 bridgehead atoms. The minimum Gasteiger partial charge on any atom is -0.273 e. The van der Waals surface area contributed by atoms with Gasteiger partial charge < -0.3 is 0 Å². The Kier molecular flexibility index (Phi) is 1.33. The highest BCUT2D eigenvalue weighted by molar-refractivity contribution is 5.78.